The number of carbonyl (C=O) groups excluding carboxylic acids is 2. The van der Waals surface area contributed by atoms with E-state index in [1.54, 1.807) is 19.9 Å². The van der Waals surface area contributed by atoms with Crippen LogP contribution in [0.25, 0.3) is 0 Å². The number of amides is 2. The van der Waals surface area contributed by atoms with Crippen molar-refractivity contribution in [3.8, 4) is 0 Å². The van der Waals surface area contributed by atoms with E-state index in [-0.39, 0.29) is 27.7 Å². The van der Waals surface area contributed by atoms with Crippen molar-refractivity contribution in [2.24, 2.45) is 5.92 Å². The fourth-order valence-electron chi connectivity index (χ4n) is 2.95. The molecule has 154 valence electrons. The fourth-order valence-corrected chi connectivity index (χ4v) is 5.46. The Morgan fingerprint density at radius 3 is 2.59 bits per heavy atom. The van der Waals surface area contributed by atoms with Crippen LogP contribution < -0.4 is 10.6 Å². The molecule has 0 saturated heterocycles. The lowest BCUT2D eigenvalue weighted by Crippen LogP contribution is -2.32. The molecule has 0 unspecified atom stereocenters. The SMILES string of the molecule is Cc1ccc(CNC(=O)[C@H](C)CS(=O)(=O)c2ccc3c(c2)NC(=O)[C@@H](C)S3)cc1. The second kappa shape index (κ2) is 8.59. The second-order valence-electron chi connectivity index (χ2n) is 7.29. The summed E-state index contributed by atoms with van der Waals surface area (Å²) in [6, 6.07) is 12.5. The Hall–Kier alpha value is -2.32. The molecule has 2 N–H and O–H groups in total. The van der Waals surface area contributed by atoms with Crippen molar-refractivity contribution in [2.45, 2.75) is 42.4 Å². The molecule has 0 aromatic heterocycles. The zero-order valence-electron chi connectivity index (χ0n) is 16.6. The van der Waals surface area contributed by atoms with Gasteiger partial charge in [0.2, 0.25) is 11.8 Å². The van der Waals surface area contributed by atoms with E-state index < -0.39 is 15.8 Å². The summed E-state index contributed by atoms with van der Waals surface area (Å²) in [6.07, 6.45) is 0. The summed E-state index contributed by atoms with van der Waals surface area (Å²) >= 11 is 1.39. The van der Waals surface area contributed by atoms with Crippen LogP contribution in [0, 0.1) is 12.8 Å². The normalized spacial score (nSPS) is 17.2. The first-order valence-corrected chi connectivity index (χ1v) is 11.9. The average Bonchev–Trinajstić information content (AvgIpc) is 2.67. The molecule has 29 heavy (non-hydrogen) atoms. The summed E-state index contributed by atoms with van der Waals surface area (Å²) in [4.78, 5) is 25.2. The van der Waals surface area contributed by atoms with Gasteiger partial charge in [0.05, 0.1) is 21.6 Å². The first-order valence-electron chi connectivity index (χ1n) is 9.33. The van der Waals surface area contributed by atoms with Gasteiger partial charge in [-0.1, -0.05) is 36.8 Å². The molecule has 2 amide bonds. The molecule has 3 rings (SSSR count). The van der Waals surface area contributed by atoms with E-state index >= 15 is 0 Å². The number of anilines is 1. The van der Waals surface area contributed by atoms with Crippen molar-refractivity contribution in [1.82, 2.24) is 5.32 Å². The molecule has 1 aliphatic rings. The van der Waals surface area contributed by atoms with Gasteiger partial charge in [-0.2, -0.15) is 0 Å². The lowest BCUT2D eigenvalue weighted by Gasteiger charge is -2.22. The predicted molar refractivity (Wildman–Crippen MR) is 115 cm³/mol. The van der Waals surface area contributed by atoms with Gasteiger partial charge in [0.1, 0.15) is 0 Å². The van der Waals surface area contributed by atoms with Gasteiger partial charge in [-0.25, -0.2) is 8.42 Å². The standard InChI is InChI=1S/C21H24N2O4S2/c1-13-4-6-16(7-5-13)11-22-20(24)14(2)12-29(26,27)17-8-9-19-18(10-17)23-21(25)15(3)28-19/h4-10,14-15H,11-12H2,1-3H3,(H,22,24)(H,23,25)/t14-,15-/m1/s1. The maximum absolute atomic E-state index is 12.8. The molecule has 2 atom stereocenters. The Labute approximate surface area is 175 Å². The molecule has 0 radical (unpaired) electrons. The van der Waals surface area contributed by atoms with Crippen molar-refractivity contribution in [3.05, 3.63) is 53.6 Å². The third kappa shape index (κ3) is 5.19. The zero-order valence-corrected chi connectivity index (χ0v) is 18.2. The van der Waals surface area contributed by atoms with Gasteiger partial charge >= 0.3 is 0 Å². The maximum atomic E-state index is 12.8. The fraction of sp³-hybridized carbons (Fsp3) is 0.333. The second-order valence-corrected chi connectivity index (χ2v) is 10.7. The number of thioether (sulfide) groups is 1. The highest BCUT2D eigenvalue weighted by Crippen LogP contribution is 2.37. The van der Waals surface area contributed by atoms with Gasteiger partial charge in [-0.3, -0.25) is 9.59 Å². The monoisotopic (exact) mass is 432 g/mol. The molecule has 2 aromatic rings. The lowest BCUT2D eigenvalue weighted by atomic mass is 10.1. The summed E-state index contributed by atoms with van der Waals surface area (Å²) in [5.74, 6) is -1.47. The Morgan fingerprint density at radius 2 is 1.90 bits per heavy atom. The van der Waals surface area contributed by atoms with Crippen LogP contribution in [0.2, 0.25) is 0 Å². The number of rotatable bonds is 6. The van der Waals surface area contributed by atoms with Crippen molar-refractivity contribution < 1.29 is 18.0 Å². The van der Waals surface area contributed by atoms with Gasteiger partial charge in [-0.05, 0) is 37.6 Å². The lowest BCUT2D eigenvalue weighted by molar-refractivity contribution is -0.124. The van der Waals surface area contributed by atoms with Crippen molar-refractivity contribution in [2.75, 3.05) is 11.1 Å². The summed E-state index contributed by atoms with van der Waals surface area (Å²) in [7, 11) is -3.68. The zero-order chi connectivity index (χ0) is 21.2. The minimum Gasteiger partial charge on any atom is -0.352 e. The number of aryl methyl sites for hydroxylation is 1. The number of hydrogen-bond acceptors (Lipinski definition) is 5. The molecular weight excluding hydrogens is 408 g/mol. The number of fused-ring (bicyclic) bond motifs is 1. The van der Waals surface area contributed by atoms with E-state index in [0.717, 1.165) is 16.0 Å². The van der Waals surface area contributed by atoms with Crippen LogP contribution in [0.1, 0.15) is 25.0 Å². The highest BCUT2D eigenvalue weighted by Gasteiger charge is 2.27. The van der Waals surface area contributed by atoms with Crippen LogP contribution in [0.4, 0.5) is 5.69 Å². The van der Waals surface area contributed by atoms with Crippen LogP contribution in [0.5, 0.6) is 0 Å². The Morgan fingerprint density at radius 1 is 1.21 bits per heavy atom. The minimum atomic E-state index is -3.68. The maximum Gasteiger partial charge on any atom is 0.237 e. The number of nitrogens with one attached hydrogen (secondary N) is 2. The predicted octanol–water partition coefficient (Wildman–Crippen LogP) is 3.15. The molecule has 1 heterocycles. The van der Waals surface area contributed by atoms with Gasteiger partial charge in [-0.15, -0.1) is 11.8 Å². The molecule has 6 nitrogen and oxygen atoms in total. The number of carbonyl (C=O) groups is 2. The summed E-state index contributed by atoms with van der Waals surface area (Å²) in [6.45, 7) is 5.73. The Kier molecular flexibility index (Phi) is 6.33. The summed E-state index contributed by atoms with van der Waals surface area (Å²) in [5, 5.41) is 5.31. The van der Waals surface area contributed by atoms with E-state index in [9.17, 15) is 18.0 Å². The van der Waals surface area contributed by atoms with Crippen molar-refractivity contribution in [3.63, 3.8) is 0 Å². The van der Waals surface area contributed by atoms with Gasteiger partial charge in [0.25, 0.3) is 0 Å². The third-order valence-corrected chi connectivity index (χ3v) is 7.83. The van der Waals surface area contributed by atoms with Crippen LogP contribution in [0.15, 0.2) is 52.3 Å². The van der Waals surface area contributed by atoms with E-state index in [0.29, 0.717) is 12.2 Å². The molecule has 0 saturated carbocycles. The van der Waals surface area contributed by atoms with Crippen LogP contribution in [0.3, 0.4) is 0 Å². The average molecular weight is 433 g/mol. The highest BCUT2D eigenvalue weighted by atomic mass is 32.2. The Balaban J connectivity index is 1.65. The van der Waals surface area contributed by atoms with Crippen LogP contribution in [-0.4, -0.2) is 31.2 Å². The van der Waals surface area contributed by atoms with Crippen molar-refractivity contribution >= 4 is 39.1 Å². The largest absolute Gasteiger partial charge is 0.352 e. The quantitative estimate of drug-likeness (QED) is 0.732. The smallest absolute Gasteiger partial charge is 0.237 e. The van der Waals surface area contributed by atoms with Gasteiger partial charge in [0, 0.05) is 17.4 Å². The van der Waals surface area contributed by atoms with Gasteiger partial charge < -0.3 is 10.6 Å². The molecule has 0 aliphatic carbocycles. The third-order valence-electron chi connectivity index (χ3n) is 4.75. The number of sulfone groups is 1. The molecule has 1 aliphatic heterocycles. The molecule has 2 aromatic carbocycles. The van der Waals surface area contributed by atoms with Crippen LogP contribution >= 0.6 is 11.8 Å². The molecule has 0 spiro atoms. The molecule has 8 heteroatoms. The van der Waals surface area contributed by atoms with Gasteiger partial charge in [0.15, 0.2) is 9.84 Å². The van der Waals surface area contributed by atoms with E-state index in [1.807, 2.05) is 31.2 Å². The number of benzene rings is 2. The Bertz CT molecular complexity index is 1030. The molecular formula is C21H24N2O4S2. The van der Waals surface area contributed by atoms with E-state index in [2.05, 4.69) is 10.6 Å². The summed E-state index contributed by atoms with van der Waals surface area (Å²) in [5.41, 5.74) is 2.58. The van der Waals surface area contributed by atoms with E-state index in [1.165, 1.54) is 23.9 Å². The highest BCUT2D eigenvalue weighted by molar-refractivity contribution is 8.01. The topological polar surface area (TPSA) is 92.3 Å². The summed E-state index contributed by atoms with van der Waals surface area (Å²) < 4.78 is 25.6. The molecule has 0 fully saturated rings. The first-order chi connectivity index (χ1) is 13.7. The number of hydrogen-bond donors (Lipinski definition) is 2. The van der Waals surface area contributed by atoms with E-state index in [4.69, 9.17) is 0 Å². The first kappa shape index (κ1) is 21.4. The van der Waals surface area contributed by atoms with Crippen molar-refractivity contribution in [1.29, 1.82) is 0 Å². The van der Waals surface area contributed by atoms with Crippen LogP contribution in [-0.2, 0) is 26.0 Å². The molecule has 0 bridgehead atoms. The minimum absolute atomic E-state index is 0.102.